The number of rotatable bonds is 8. The van der Waals surface area contributed by atoms with Crippen molar-refractivity contribution in [2.75, 3.05) is 20.2 Å². The molecular formula is C18H29ClN2O3. The highest BCUT2D eigenvalue weighted by Gasteiger charge is 2.34. The second kappa shape index (κ2) is 10.3. The first-order valence-electron chi connectivity index (χ1n) is 8.06. The molecule has 0 aliphatic rings. The Hall–Kier alpha value is -1.59. The molecular weight excluding hydrogens is 328 g/mol. The van der Waals surface area contributed by atoms with Gasteiger partial charge < -0.3 is 15.8 Å². The van der Waals surface area contributed by atoms with Crippen LogP contribution in [0.2, 0.25) is 0 Å². The lowest BCUT2D eigenvalue weighted by molar-refractivity contribution is -0.142. The van der Waals surface area contributed by atoms with Gasteiger partial charge in [0.25, 0.3) is 0 Å². The number of nitrogens with two attached hydrogens (primary N) is 1. The molecule has 24 heavy (non-hydrogen) atoms. The van der Waals surface area contributed by atoms with E-state index in [2.05, 4.69) is 5.32 Å². The highest BCUT2D eigenvalue weighted by Crippen LogP contribution is 2.25. The lowest BCUT2D eigenvalue weighted by atomic mass is 9.81. The Morgan fingerprint density at radius 2 is 1.75 bits per heavy atom. The number of amides is 1. The summed E-state index contributed by atoms with van der Waals surface area (Å²) in [6.07, 6.45) is 1.33. The zero-order chi connectivity index (χ0) is 17.5. The zero-order valence-corrected chi connectivity index (χ0v) is 15.7. The van der Waals surface area contributed by atoms with Crippen molar-refractivity contribution in [3.8, 4) is 0 Å². The van der Waals surface area contributed by atoms with Crippen LogP contribution in [0.5, 0.6) is 0 Å². The molecule has 6 heteroatoms. The fourth-order valence-corrected chi connectivity index (χ4v) is 2.61. The van der Waals surface area contributed by atoms with Crippen molar-refractivity contribution in [1.29, 1.82) is 0 Å². The molecule has 0 bridgehead atoms. The number of ether oxygens (including phenoxy) is 1. The molecule has 0 radical (unpaired) electrons. The first kappa shape index (κ1) is 22.4. The number of carbonyl (C=O) groups is 2. The van der Waals surface area contributed by atoms with Crippen LogP contribution in [0.3, 0.4) is 0 Å². The Labute approximate surface area is 150 Å². The average Bonchev–Trinajstić information content (AvgIpc) is 2.58. The van der Waals surface area contributed by atoms with Crippen LogP contribution in [0.25, 0.3) is 0 Å². The predicted octanol–water partition coefficient (Wildman–Crippen LogP) is 2.55. The van der Waals surface area contributed by atoms with Gasteiger partial charge in [0, 0.05) is 13.1 Å². The normalized spacial score (nSPS) is 12.0. The largest absolute Gasteiger partial charge is 0.468 e. The van der Waals surface area contributed by atoms with Crippen LogP contribution in [-0.4, -0.2) is 32.1 Å². The smallest absolute Gasteiger partial charge is 0.314 e. The van der Waals surface area contributed by atoms with E-state index in [9.17, 15) is 9.59 Å². The third-order valence-corrected chi connectivity index (χ3v) is 4.66. The van der Waals surface area contributed by atoms with Gasteiger partial charge in [-0.05, 0) is 25.3 Å². The zero-order valence-electron chi connectivity index (χ0n) is 14.9. The number of benzene rings is 1. The first-order chi connectivity index (χ1) is 10.9. The summed E-state index contributed by atoms with van der Waals surface area (Å²) in [5.74, 6) is -0.986. The van der Waals surface area contributed by atoms with Crippen LogP contribution < -0.4 is 11.1 Å². The Bertz CT molecular complexity index is 519. The Morgan fingerprint density at radius 1 is 1.21 bits per heavy atom. The molecule has 0 heterocycles. The van der Waals surface area contributed by atoms with E-state index in [0.717, 1.165) is 11.1 Å². The third-order valence-electron chi connectivity index (χ3n) is 4.66. The summed E-state index contributed by atoms with van der Waals surface area (Å²) in [5.41, 5.74) is 7.16. The fraction of sp³-hybridized carbons (Fsp3) is 0.556. The minimum Gasteiger partial charge on any atom is -0.468 e. The van der Waals surface area contributed by atoms with Crippen LogP contribution in [0.1, 0.15) is 43.7 Å². The minimum atomic E-state index is -0.575. The molecule has 1 unspecified atom stereocenters. The van der Waals surface area contributed by atoms with E-state index in [4.69, 9.17) is 10.5 Å². The number of hydrogen-bond acceptors (Lipinski definition) is 4. The molecule has 1 amide bonds. The van der Waals surface area contributed by atoms with Gasteiger partial charge in [-0.2, -0.15) is 0 Å². The van der Waals surface area contributed by atoms with Crippen molar-refractivity contribution in [2.24, 2.45) is 11.1 Å². The number of methoxy groups -OCH3 is 1. The van der Waals surface area contributed by atoms with E-state index >= 15 is 0 Å². The fourth-order valence-electron chi connectivity index (χ4n) is 2.61. The van der Waals surface area contributed by atoms with Crippen LogP contribution in [0.4, 0.5) is 0 Å². The summed E-state index contributed by atoms with van der Waals surface area (Å²) in [6, 6.07) is 7.66. The Morgan fingerprint density at radius 3 is 2.17 bits per heavy atom. The molecule has 0 saturated heterocycles. The van der Waals surface area contributed by atoms with E-state index < -0.39 is 11.3 Å². The van der Waals surface area contributed by atoms with Crippen LogP contribution in [0, 0.1) is 12.3 Å². The van der Waals surface area contributed by atoms with Crippen LogP contribution in [0.15, 0.2) is 24.3 Å². The number of aryl methyl sites for hydroxylation is 1. The van der Waals surface area contributed by atoms with Gasteiger partial charge in [0.15, 0.2) is 0 Å². The van der Waals surface area contributed by atoms with Crippen LogP contribution in [-0.2, 0) is 14.3 Å². The van der Waals surface area contributed by atoms with E-state index in [-0.39, 0.29) is 30.8 Å². The van der Waals surface area contributed by atoms with Gasteiger partial charge in [-0.1, -0.05) is 43.7 Å². The highest BCUT2D eigenvalue weighted by molar-refractivity contribution is 5.85. The summed E-state index contributed by atoms with van der Waals surface area (Å²) in [4.78, 5) is 24.6. The van der Waals surface area contributed by atoms with Gasteiger partial charge >= 0.3 is 5.97 Å². The van der Waals surface area contributed by atoms with E-state index in [1.807, 2.05) is 45.0 Å². The maximum Gasteiger partial charge on any atom is 0.314 e. The van der Waals surface area contributed by atoms with Crippen molar-refractivity contribution in [3.05, 3.63) is 35.4 Å². The molecule has 1 aromatic carbocycles. The van der Waals surface area contributed by atoms with Crippen molar-refractivity contribution >= 4 is 24.3 Å². The molecule has 0 aliphatic carbocycles. The predicted molar refractivity (Wildman–Crippen MR) is 98.3 cm³/mol. The number of hydrogen-bond donors (Lipinski definition) is 2. The molecule has 5 nitrogen and oxygen atoms in total. The molecule has 0 saturated carbocycles. The molecule has 0 aromatic heterocycles. The van der Waals surface area contributed by atoms with Gasteiger partial charge in [0.2, 0.25) is 5.91 Å². The molecule has 1 rings (SSSR count). The SMILES string of the molecule is CCC(CC)(CN)C(=O)NCC(C(=O)OC)c1ccc(C)cc1.Cl. The van der Waals surface area contributed by atoms with Gasteiger partial charge in [-0.3, -0.25) is 9.59 Å². The number of esters is 1. The number of nitrogens with one attached hydrogen (secondary N) is 1. The quantitative estimate of drug-likeness (QED) is 0.701. The second-order valence-corrected chi connectivity index (χ2v) is 5.89. The van der Waals surface area contributed by atoms with Crippen molar-refractivity contribution in [1.82, 2.24) is 5.32 Å². The summed E-state index contributed by atoms with van der Waals surface area (Å²) in [7, 11) is 1.35. The average molecular weight is 357 g/mol. The number of carbonyl (C=O) groups excluding carboxylic acids is 2. The number of halogens is 1. The van der Waals surface area contributed by atoms with Crippen molar-refractivity contribution in [2.45, 2.75) is 39.5 Å². The monoisotopic (exact) mass is 356 g/mol. The molecule has 0 spiro atoms. The first-order valence-corrected chi connectivity index (χ1v) is 8.06. The van der Waals surface area contributed by atoms with E-state index in [0.29, 0.717) is 19.4 Å². The van der Waals surface area contributed by atoms with Gasteiger partial charge in [0.1, 0.15) is 0 Å². The topological polar surface area (TPSA) is 81.4 Å². The standard InChI is InChI=1S/C18H28N2O3.ClH/c1-5-18(6-2,12-19)17(22)20-11-15(16(21)23-4)14-9-7-13(3)8-10-14;/h7-10,15H,5-6,11-12,19H2,1-4H3,(H,20,22);1H. The van der Waals surface area contributed by atoms with E-state index in [1.54, 1.807) is 0 Å². The lowest BCUT2D eigenvalue weighted by Gasteiger charge is -2.29. The van der Waals surface area contributed by atoms with Gasteiger partial charge in [0.05, 0.1) is 18.4 Å². The molecule has 1 aromatic rings. The highest BCUT2D eigenvalue weighted by atomic mass is 35.5. The Kier molecular flexibility index (Phi) is 9.63. The van der Waals surface area contributed by atoms with Crippen molar-refractivity contribution in [3.63, 3.8) is 0 Å². The van der Waals surface area contributed by atoms with Crippen LogP contribution >= 0.6 is 12.4 Å². The molecule has 0 aliphatic heterocycles. The molecule has 136 valence electrons. The second-order valence-electron chi connectivity index (χ2n) is 5.89. The summed E-state index contributed by atoms with van der Waals surface area (Å²) in [5, 5.41) is 2.89. The van der Waals surface area contributed by atoms with Gasteiger partial charge in [-0.25, -0.2) is 0 Å². The van der Waals surface area contributed by atoms with Gasteiger partial charge in [-0.15, -0.1) is 12.4 Å². The molecule has 0 fully saturated rings. The van der Waals surface area contributed by atoms with E-state index in [1.165, 1.54) is 7.11 Å². The minimum absolute atomic E-state index is 0. The summed E-state index contributed by atoms with van der Waals surface area (Å²) < 4.78 is 4.88. The summed E-state index contributed by atoms with van der Waals surface area (Å²) in [6.45, 7) is 6.38. The maximum absolute atomic E-state index is 12.5. The van der Waals surface area contributed by atoms with Crippen molar-refractivity contribution < 1.29 is 14.3 Å². The maximum atomic E-state index is 12.5. The lowest BCUT2D eigenvalue weighted by Crippen LogP contribution is -2.47. The summed E-state index contributed by atoms with van der Waals surface area (Å²) >= 11 is 0. The third kappa shape index (κ3) is 5.21. The molecule has 1 atom stereocenters. The Balaban J connectivity index is 0.00000529. The molecule has 3 N–H and O–H groups in total.